The van der Waals surface area contributed by atoms with Gasteiger partial charge in [0.25, 0.3) is 0 Å². The molecule has 0 saturated carbocycles. The molecular weight excluding hydrogens is 374 g/mol. The molecular formula is C20H22KO4P. The molecule has 0 aliphatic rings. The zero-order valence-electron chi connectivity index (χ0n) is 16.4. The molecule has 0 unspecified atom stereocenters. The van der Waals surface area contributed by atoms with Crippen molar-refractivity contribution in [3.05, 3.63) is 68.8 Å². The molecule has 2 aromatic rings. The van der Waals surface area contributed by atoms with Crippen LogP contribution in [0.3, 0.4) is 0 Å². The van der Waals surface area contributed by atoms with Gasteiger partial charge < -0.3 is 9.46 Å². The maximum absolute atomic E-state index is 12.7. The van der Waals surface area contributed by atoms with Gasteiger partial charge in [-0.05, 0) is 63.8 Å². The molecule has 0 spiro atoms. The Hall–Kier alpha value is -0.394. The van der Waals surface area contributed by atoms with E-state index in [-0.39, 0.29) is 62.5 Å². The molecule has 0 bridgehead atoms. The third-order valence-corrected chi connectivity index (χ3v) is 5.83. The van der Waals surface area contributed by atoms with E-state index >= 15 is 0 Å². The van der Waals surface area contributed by atoms with Crippen LogP contribution in [0.5, 0.6) is 0 Å². The first-order valence-electron chi connectivity index (χ1n) is 8.03. The second kappa shape index (κ2) is 8.74. The van der Waals surface area contributed by atoms with Crippen molar-refractivity contribution in [2.24, 2.45) is 0 Å². The summed E-state index contributed by atoms with van der Waals surface area (Å²) in [4.78, 5) is 38.2. The monoisotopic (exact) mass is 396 g/mol. The summed E-state index contributed by atoms with van der Waals surface area (Å²) in [7, 11) is -4.98. The van der Waals surface area contributed by atoms with Crippen molar-refractivity contribution in [2.45, 2.75) is 41.5 Å². The van der Waals surface area contributed by atoms with Crippen molar-refractivity contribution < 1.29 is 70.4 Å². The number of hydrogen-bond acceptors (Lipinski definition) is 4. The van der Waals surface area contributed by atoms with Crippen LogP contribution in [0.25, 0.3) is 0 Å². The molecule has 26 heavy (non-hydrogen) atoms. The zero-order chi connectivity index (χ0) is 19.1. The van der Waals surface area contributed by atoms with Gasteiger partial charge in [0.1, 0.15) is 0 Å². The summed E-state index contributed by atoms with van der Waals surface area (Å²) in [5.74, 6) is 0. The Balaban J connectivity index is 0.00000338. The smallest absolute Gasteiger partial charge is 0.788 e. The van der Waals surface area contributed by atoms with Gasteiger partial charge in [0.15, 0.2) is 7.37 Å². The average molecular weight is 396 g/mol. The van der Waals surface area contributed by atoms with Gasteiger partial charge in [0.05, 0.1) is 0 Å². The van der Waals surface area contributed by atoms with Crippen molar-refractivity contribution in [1.82, 2.24) is 0 Å². The predicted octanol–water partition coefficient (Wildman–Crippen LogP) is 1.16. The summed E-state index contributed by atoms with van der Waals surface area (Å²) in [6.07, 6.45) is 0. The third-order valence-electron chi connectivity index (χ3n) is 4.32. The molecule has 2 aromatic carbocycles. The number of aryl methyl sites for hydroxylation is 6. The summed E-state index contributed by atoms with van der Waals surface area (Å²) in [6.45, 7) is 10.5. The van der Waals surface area contributed by atoms with Gasteiger partial charge in [-0.3, -0.25) is 9.59 Å². The van der Waals surface area contributed by atoms with Crippen molar-refractivity contribution in [3.63, 3.8) is 0 Å². The first-order valence-corrected chi connectivity index (χ1v) is 9.65. The largest absolute Gasteiger partial charge is 1.00 e. The quantitative estimate of drug-likeness (QED) is 0.574. The number of carbonyl (C=O) groups excluding carboxylic acids is 2. The Morgan fingerprint density at radius 3 is 1.15 bits per heavy atom. The van der Waals surface area contributed by atoms with Crippen LogP contribution in [-0.2, 0) is 4.57 Å². The third kappa shape index (κ3) is 4.53. The van der Waals surface area contributed by atoms with Crippen molar-refractivity contribution in [3.8, 4) is 0 Å². The summed E-state index contributed by atoms with van der Waals surface area (Å²) >= 11 is 0. The number of benzene rings is 2. The average Bonchev–Trinajstić information content (AvgIpc) is 2.44. The van der Waals surface area contributed by atoms with Crippen LogP contribution in [0.4, 0.5) is 0 Å². The molecule has 4 nitrogen and oxygen atoms in total. The molecule has 0 N–H and O–H groups in total. The molecule has 6 heteroatoms. The van der Waals surface area contributed by atoms with Crippen LogP contribution >= 0.6 is 7.37 Å². The molecule has 0 saturated heterocycles. The first-order chi connectivity index (χ1) is 11.5. The van der Waals surface area contributed by atoms with Gasteiger partial charge in [0, 0.05) is 11.1 Å². The summed E-state index contributed by atoms with van der Waals surface area (Å²) in [6, 6.07) is 6.97. The van der Waals surface area contributed by atoms with E-state index in [1.807, 2.05) is 13.8 Å². The van der Waals surface area contributed by atoms with E-state index in [0.29, 0.717) is 22.3 Å². The van der Waals surface area contributed by atoms with Gasteiger partial charge in [0.2, 0.25) is 11.0 Å². The standard InChI is InChI=1S/C20H23O4P.K/c1-11-7-13(3)17(14(4)8-11)19(21)25(23,24)20(22)18-15(5)9-12(2)10-16(18)6;/h7-10H,1-6H3,(H,23,24);/q;+1/p-1. The minimum atomic E-state index is -4.98. The van der Waals surface area contributed by atoms with E-state index in [1.165, 1.54) is 0 Å². The molecule has 0 aliphatic carbocycles. The minimum absolute atomic E-state index is 0. The van der Waals surface area contributed by atoms with E-state index in [0.717, 1.165) is 11.1 Å². The van der Waals surface area contributed by atoms with E-state index < -0.39 is 18.4 Å². The fraction of sp³-hybridized carbons (Fsp3) is 0.300. The molecule has 0 amide bonds. The summed E-state index contributed by atoms with van der Waals surface area (Å²) < 4.78 is 12.7. The van der Waals surface area contributed by atoms with Crippen LogP contribution in [0.1, 0.15) is 54.1 Å². The normalized spacial score (nSPS) is 11.0. The van der Waals surface area contributed by atoms with Crippen LogP contribution in [0.2, 0.25) is 0 Å². The second-order valence-corrected chi connectivity index (χ2v) is 8.62. The molecule has 132 valence electrons. The molecule has 0 radical (unpaired) electrons. The van der Waals surface area contributed by atoms with Crippen LogP contribution in [-0.4, -0.2) is 11.0 Å². The Bertz CT molecular complexity index is 827. The molecule has 0 fully saturated rings. The SMILES string of the molecule is Cc1cc(C)c(C(=O)P(=O)([O-])C(=O)c2c(C)cc(C)cc2C)c(C)c1.[K+]. The molecule has 2 rings (SSSR count). The number of carbonyl (C=O) groups is 2. The Morgan fingerprint density at radius 1 is 0.692 bits per heavy atom. The zero-order valence-corrected chi connectivity index (χ0v) is 20.4. The maximum Gasteiger partial charge on any atom is 1.00 e. The van der Waals surface area contributed by atoms with Crippen LogP contribution < -0.4 is 56.3 Å². The van der Waals surface area contributed by atoms with Crippen LogP contribution in [0.15, 0.2) is 24.3 Å². The topological polar surface area (TPSA) is 74.3 Å². The van der Waals surface area contributed by atoms with Gasteiger partial charge in [-0.1, -0.05) is 35.4 Å². The first kappa shape index (κ1) is 23.6. The van der Waals surface area contributed by atoms with Crippen molar-refractivity contribution >= 4 is 18.4 Å². The van der Waals surface area contributed by atoms with Crippen molar-refractivity contribution in [2.75, 3.05) is 0 Å². The van der Waals surface area contributed by atoms with E-state index in [4.69, 9.17) is 0 Å². The molecule has 0 aromatic heterocycles. The maximum atomic E-state index is 12.7. The predicted molar refractivity (Wildman–Crippen MR) is 97.6 cm³/mol. The second-order valence-electron chi connectivity index (χ2n) is 6.71. The number of rotatable bonds is 4. The van der Waals surface area contributed by atoms with Crippen LogP contribution in [0, 0.1) is 41.5 Å². The summed E-state index contributed by atoms with van der Waals surface area (Å²) in [5, 5.41) is 0. The van der Waals surface area contributed by atoms with Gasteiger partial charge >= 0.3 is 51.4 Å². The Labute approximate surface area is 197 Å². The molecule has 0 heterocycles. The fourth-order valence-electron chi connectivity index (χ4n) is 3.42. The van der Waals surface area contributed by atoms with E-state index in [9.17, 15) is 19.0 Å². The van der Waals surface area contributed by atoms with E-state index in [1.54, 1.807) is 52.0 Å². The molecule has 0 aliphatic heterocycles. The van der Waals surface area contributed by atoms with Gasteiger partial charge in [-0.25, -0.2) is 0 Å². The minimum Gasteiger partial charge on any atom is -0.788 e. The Morgan fingerprint density at radius 2 is 0.923 bits per heavy atom. The number of hydrogen-bond donors (Lipinski definition) is 0. The van der Waals surface area contributed by atoms with Crippen molar-refractivity contribution in [1.29, 1.82) is 0 Å². The van der Waals surface area contributed by atoms with E-state index in [2.05, 4.69) is 0 Å². The summed E-state index contributed by atoms with van der Waals surface area (Å²) in [5.41, 5.74) is 2.09. The molecule has 0 atom stereocenters. The fourth-order valence-corrected chi connectivity index (χ4v) is 4.90. The van der Waals surface area contributed by atoms with Gasteiger partial charge in [-0.2, -0.15) is 0 Å². The van der Waals surface area contributed by atoms with Gasteiger partial charge in [-0.15, -0.1) is 0 Å². The Kier molecular flexibility index (Phi) is 7.95.